The molecule has 0 aliphatic heterocycles. The number of aryl methyl sites for hydroxylation is 1. The fraction of sp³-hybridized carbons (Fsp3) is 0.100. The molecule has 0 fully saturated rings. The molecule has 10 nitrogen and oxygen atoms in total. The highest BCUT2D eigenvalue weighted by atomic mass is 35.5. The standard InChI is InChI=1S/C20H17ClN8O2/c1-12-17(28-29(27-12)15-9-5-6-13(21)10-15)18(30)31-11-16-24-19(22)26-20(25-16)23-14-7-3-2-4-8-14/h2-10H,11H2,1H3,(H3,22,23,24,25,26). The molecule has 0 saturated heterocycles. The Hall–Kier alpha value is -4.05. The van der Waals surface area contributed by atoms with Crippen molar-refractivity contribution in [1.29, 1.82) is 0 Å². The van der Waals surface area contributed by atoms with Crippen LogP contribution in [0.5, 0.6) is 0 Å². The fourth-order valence-electron chi connectivity index (χ4n) is 2.69. The predicted octanol–water partition coefficient (Wildman–Crippen LogP) is 3.10. The van der Waals surface area contributed by atoms with Crippen molar-refractivity contribution >= 4 is 35.2 Å². The molecule has 4 rings (SSSR count). The number of nitrogens with zero attached hydrogens (tertiary/aromatic N) is 6. The average Bonchev–Trinajstić information content (AvgIpc) is 3.14. The minimum absolute atomic E-state index is 0.00237. The van der Waals surface area contributed by atoms with E-state index in [9.17, 15) is 4.79 Å². The second-order valence-electron chi connectivity index (χ2n) is 6.40. The summed E-state index contributed by atoms with van der Waals surface area (Å²) in [6.07, 6.45) is 0. The van der Waals surface area contributed by atoms with Crippen LogP contribution in [0.2, 0.25) is 5.02 Å². The number of esters is 1. The number of carbonyl (C=O) groups is 1. The van der Waals surface area contributed by atoms with Crippen LogP contribution >= 0.6 is 11.6 Å². The van der Waals surface area contributed by atoms with Crippen LogP contribution in [0.15, 0.2) is 54.6 Å². The molecule has 11 heteroatoms. The number of hydrogen-bond donors (Lipinski definition) is 2. The van der Waals surface area contributed by atoms with E-state index >= 15 is 0 Å². The van der Waals surface area contributed by atoms with Crippen LogP contribution in [-0.2, 0) is 11.3 Å². The van der Waals surface area contributed by atoms with E-state index < -0.39 is 5.97 Å². The number of halogens is 1. The van der Waals surface area contributed by atoms with E-state index in [1.165, 1.54) is 4.80 Å². The van der Waals surface area contributed by atoms with Crippen molar-refractivity contribution < 1.29 is 9.53 Å². The lowest BCUT2D eigenvalue weighted by Crippen LogP contribution is -2.12. The lowest BCUT2D eigenvalue weighted by atomic mass is 10.3. The average molecular weight is 437 g/mol. The van der Waals surface area contributed by atoms with Gasteiger partial charge in [0.15, 0.2) is 18.1 Å². The molecule has 3 N–H and O–H groups in total. The molecule has 0 aliphatic rings. The molecule has 2 heterocycles. The van der Waals surface area contributed by atoms with Gasteiger partial charge in [0.1, 0.15) is 0 Å². The number of para-hydroxylation sites is 1. The van der Waals surface area contributed by atoms with Crippen LogP contribution in [0.1, 0.15) is 22.0 Å². The first-order chi connectivity index (χ1) is 15.0. The number of nitrogens with two attached hydrogens (primary N) is 1. The van der Waals surface area contributed by atoms with Crippen LogP contribution in [0.4, 0.5) is 17.6 Å². The van der Waals surface area contributed by atoms with Gasteiger partial charge < -0.3 is 15.8 Å². The molecule has 0 atom stereocenters. The van der Waals surface area contributed by atoms with Gasteiger partial charge in [0.05, 0.1) is 11.4 Å². The van der Waals surface area contributed by atoms with Gasteiger partial charge in [-0.3, -0.25) is 0 Å². The van der Waals surface area contributed by atoms with E-state index in [1.807, 2.05) is 30.3 Å². The monoisotopic (exact) mass is 436 g/mol. The van der Waals surface area contributed by atoms with Crippen LogP contribution in [0, 0.1) is 6.92 Å². The molecule has 2 aromatic heterocycles. The lowest BCUT2D eigenvalue weighted by Gasteiger charge is -2.07. The minimum atomic E-state index is -0.665. The highest BCUT2D eigenvalue weighted by Gasteiger charge is 2.19. The van der Waals surface area contributed by atoms with E-state index in [2.05, 4.69) is 30.5 Å². The molecule has 2 aromatic carbocycles. The second-order valence-corrected chi connectivity index (χ2v) is 6.84. The summed E-state index contributed by atoms with van der Waals surface area (Å²) < 4.78 is 5.31. The van der Waals surface area contributed by atoms with E-state index in [0.29, 0.717) is 16.4 Å². The number of anilines is 3. The molecular formula is C20H17ClN8O2. The summed E-state index contributed by atoms with van der Waals surface area (Å²) in [5.41, 5.74) is 7.64. The number of nitrogen functional groups attached to an aromatic ring is 1. The molecule has 31 heavy (non-hydrogen) atoms. The van der Waals surface area contributed by atoms with Crippen LogP contribution in [0.3, 0.4) is 0 Å². The molecule has 4 aromatic rings. The third kappa shape index (κ3) is 4.93. The van der Waals surface area contributed by atoms with Crippen molar-refractivity contribution in [2.75, 3.05) is 11.1 Å². The molecule has 0 aliphatic carbocycles. The van der Waals surface area contributed by atoms with Crippen LogP contribution in [0.25, 0.3) is 5.69 Å². The molecular weight excluding hydrogens is 420 g/mol. The zero-order chi connectivity index (χ0) is 21.8. The van der Waals surface area contributed by atoms with Gasteiger partial charge in [0.25, 0.3) is 0 Å². The minimum Gasteiger partial charge on any atom is -0.453 e. The maximum Gasteiger partial charge on any atom is 0.361 e. The third-order valence-corrected chi connectivity index (χ3v) is 4.31. The van der Waals surface area contributed by atoms with Gasteiger partial charge in [0.2, 0.25) is 11.9 Å². The van der Waals surface area contributed by atoms with Crippen LogP contribution in [-0.4, -0.2) is 35.9 Å². The van der Waals surface area contributed by atoms with Gasteiger partial charge in [-0.25, -0.2) is 4.79 Å². The fourth-order valence-corrected chi connectivity index (χ4v) is 2.88. The first-order valence-corrected chi connectivity index (χ1v) is 9.55. The highest BCUT2D eigenvalue weighted by Crippen LogP contribution is 2.16. The van der Waals surface area contributed by atoms with Crippen molar-refractivity contribution in [3.05, 3.63) is 76.8 Å². The zero-order valence-electron chi connectivity index (χ0n) is 16.4. The summed E-state index contributed by atoms with van der Waals surface area (Å²) in [5, 5.41) is 12.0. The number of nitrogens with one attached hydrogen (secondary N) is 1. The number of carbonyl (C=O) groups excluding carboxylic acids is 1. The van der Waals surface area contributed by atoms with Crippen molar-refractivity contribution in [2.24, 2.45) is 0 Å². The Labute approximate surface area is 182 Å². The van der Waals surface area contributed by atoms with Crippen molar-refractivity contribution in [3.8, 4) is 5.69 Å². The summed E-state index contributed by atoms with van der Waals surface area (Å²) in [6.45, 7) is 1.45. The van der Waals surface area contributed by atoms with Gasteiger partial charge >= 0.3 is 5.97 Å². The molecule has 0 spiro atoms. The number of benzene rings is 2. The second kappa shape index (κ2) is 8.76. The number of rotatable bonds is 6. The van der Waals surface area contributed by atoms with Crippen molar-refractivity contribution in [1.82, 2.24) is 29.9 Å². The quantitative estimate of drug-likeness (QED) is 0.437. The third-order valence-electron chi connectivity index (χ3n) is 4.08. The normalized spacial score (nSPS) is 10.6. The maximum atomic E-state index is 12.5. The Balaban J connectivity index is 1.46. The van der Waals surface area contributed by atoms with Crippen molar-refractivity contribution in [3.63, 3.8) is 0 Å². The number of aromatic nitrogens is 6. The maximum absolute atomic E-state index is 12.5. The molecule has 0 saturated carbocycles. The number of hydrogen-bond acceptors (Lipinski definition) is 9. The molecule has 0 bridgehead atoms. The van der Waals surface area contributed by atoms with Gasteiger partial charge in [-0.05, 0) is 37.3 Å². The van der Waals surface area contributed by atoms with E-state index in [0.717, 1.165) is 5.69 Å². The Bertz CT molecular complexity index is 1230. The van der Waals surface area contributed by atoms with Gasteiger partial charge in [-0.2, -0.15) is 24.8 Å². The first-order valence-electron chi connectivity index (χ1n) is 9.17. The SMILES string of the molecule is Cc1nn(-c2cccc(Cl)c2)nc1C(=O)OCc1nc(N)nc(Nc2ccccc2)n1. The molecule has 0 radical (unpaired) electrons. The summed E-state index contributed by atoms with van der Waals surface area (Å²) in [4.78, 5) is 26.1. The Morgan fingerprint density at radius 2 is 1.90 bits per heavy atom. The summed E-state index contributed by atoms with van der Waals surface area (Å²) in [7, 11) is 0. The predicted molar refractivity (Wildman–Crippen MR) is 114 cm³/mol. The van der Waals surface area contributed by atoms with Gasteiger partial charge in [-0.15, -0.1) is 5.10 Å². The Morgan fingerprint density at radius 1 is 1.10 bits per heavy atom. The van der Waals surface area contributed by atoms with E-state index in [1.54, 1.807) is 31.2 Å². The zero-order valence-corrected chi connectivity index (χ0v) is 17.1. The van der Waals surface area contributed by atoms with Crippen LogP contribution < -0.4 is 11.1 Å². The van der Waals surface area contributed by atoms with E-state index in [4.69, 9.17) is 22.1 Å². The molecule has 156 valence electrons. The summed E-state index contributed by atoms with van der Waals surface area (Å²) in [5.74, 6) is -0.225. The van der Waals surface area contributed by atoms with Crippen molar-refractivity contribution in [2.45, 2.75) is 13.5 Å². The molecule has 0 unspecified atom stereocenters. The smallest absolute Gasteiger partial charge is 0.361 e. The molecule has 0 amide bonds. The highest BCUT2D eigenvalue weighted by molar-refractivity contribution is 6.30. The summed E-state index contributed by atoms with van der Waals surface area (Å²) >= 11 is 6.00. The van der Waals surface area contributed by atoms with Gasteiger partial charge in [0, 0.05) is 10.7 Å². The lowest BCUT2D eigenvalue weighted by molar-refractivity contribution is 0.0454. The first kappa shape index (κ1) is 20.2. The Kier molecular flexibility index (Phi) is 5.72. The van der Waals surface area contributed by atoms with E-state index in [-0.39, 0.29) is 30.0 Å². The Morgan fingerprint density at radius 3 is 2.68 bits per heavy atom. The summed E-state index contributed by atoms with van der Waals surface area (Å²) in [6, 6.07) is 16.3. The topological polar surface area (TPSA) is 134 Å². The largest absolute Gasteiger partial charge is 0.453 e. The number of ether oxygens (including phenoxy) is 1. The van der Waals surface area contributed by atoms with Gasteiger partial charge in [-0.1, -0.05) is 35.9 Å².